The number of aliphatic hydroxyl groups is 1. The van der Waals surface area contributed by atoms with Gasteiger partial charge in [-0.15, -0.1) is 0 Å². The minimum Gasteiger partial charge on any atom is -0.389 e. The molecule has 3 aromatic heterocycles. The lowest BCUT2D eigenvalue weighted by Gasteiger charge is -2.44. The van der Waals surface area contributed by atoms with Crippen LogP contribution in [0.25, 0.3) is 11.3 Å². The molecule has 27 heavy (non-hydrogen) atoms. The highest BCUT2D eigenvalue weighted by Crippen LogP contribution is 2.26. The van der Waals surface area contributed by atoms with Gasteiger partial charge in [0.25, 0.3) is 5.56 Å². The lowest BCUT2D eigenvalue weighted by molar-refractivity contribution is 0.0993. The zero-order chi connectivity index (χ0) is 19.1. The number of anilines is 1. The molecule has 0 amide bonds. The Morgan fingerprint density at radius 1 is 1.30 bits per heavy atom. The normalized spacial score (nSPS) is 19.2. The molecule has 0 unspecified atom stereocenters. The van der Waals surface area contributed by atoms with Gasteiger partial charge in [0, 0.05) is 35.6 Å². The minimum absolute atomic E-state index is 0.0111. The highest BCUT2D eigenvalue weighted by Gasteiger charge is 2.34. The number of aromatic nitrogens is 4. The van der Waals surface area contributed by atoms with Gasteiger partial charge >= 0.3 is 0 Å². The number of hydrogen-bond donors (Lipinski definition) is 1. The molecule has 1 aliphatic heterocycles. The molecular weight excluding hydrogens is 346 g/mol. The average molecular weight is 367 g/mol. The van der Waals surface area contributed by atoms with Gasteiger partial charge in [-0.2, -0.15) is 5.10 Å². The minimum atomic E-state index is -0.363. The Morgan fingerprint density at radius 2 is 2.11 bits per heavy atom. The average Bonchev–Trinajstić information content (AvgIpc) is 3.02. The number of rotatable bonds is 4. The molecule has 4 rings (SSSR count). The second-order valence-corrected chi connectivity index (χ2v) is 6.92. The SMILES string of the molecule is Cc1ccc(-c2noc(C)c2Cn2ncc(N3C[C@H](O)[C@@H]3C)cc2=O)cn1. The molecule has 1 N–H and O–H groups in total. The summed E-state index contributed by atoms with van der Waals surface area (Å²) < 4.78 is 6.73. The van der Waals surface area contributed by atoms with Crippen LogP contribution in [0.4, 0.5) is 5.69 Å². The maximum absolute atomic E-state index is 12.6. The van der Waals surface area contributed by atoms with Crippen LogP contribution in [0.5, 0.6) is 0 Å². The summed E-state index contributed by atoms with van der Waals surface area (Å²) in [5.41, 5.74) is 3.72. The van der Waals surface area contributed by atoms with E-state index < -0.39 is 0 Å². The molecule has 1 saturated heterocycles. The lowest BCUT2D eigenvalue weighted by Crippen LogP contribution is -2.59. The van der Waals surface area contributed by atoms with Crippen LogP contribution < -0.4 is 10.5 Å². The molecule has 1 aliphatic rings. The van der Waals surface area contributed by atoms with Crippen LogP contribution in [0, 0.1) is 13.8 Å². The van der Waals surface area contributed by atoms with Crippen LogP contribution in [0.2, 0.25) is 0 Å². The quantitative estimate of drug-likeness (QED) is 0.747. The molecule has 1 fully saturated rings. The Hall–Kier alpha value is -3.00. The smallest absolute Gasteiger partial charge is 0.269 e. The molecule has 0 radical (unpaired) electrons. The monoisotopic (exact) mass is 367 g/mol. The number of β-amino-alcohol motifs (C(OH)–C–C–N with tert-alkyl or cyclic N) is 1. The first-order chi connectivity index (χ1) is 12.9. The van der Waals surface area contributed by atoms with Crippen LogP contribution in [-0.4, -0.2) is 43.7 Å². The van der Waals surface area contributed by atoms with Gasteiger partial charge in [0.2, 0.25) is 0 Å². The highest BCUT2D eigenvalue weighted by molar-refractivity contribution is 5.62. The van der Waals surface area contributed by atoms with Crippen LogP contribution in [0.3, 0.4) is 0 Å². The van der Waals surface area contributed by atoms with E-state index in [1.54, 1.807) is 18.5 Å². The zero-order valence-corrected chi connectivity index (χ0v) is 15.5. The highest BCUT2D eigenvalue weighted by atomic mass is 16.5. The maximum Gasteiger partial charge on any atom is 0.269 e. The van der Waals surface area contributed by atoms with E-state index in [2.05, 4.69) is 15.2 Å². The number of pyridine rings is 1. The van der Waals surface area contributed by atoms with Gasteiger partial charge in [0.05, 0.1) is 30.6 Å². The molecule has 4 heterocycles. The largest absolute Gasteiger partial charge is 0.389 e. The topological polar surface area (TPSA) is 97.3 Å². The summed E-state index contributed by atoms with van der Waals surface area (Å²) in [5.74, 6) is 0.642. The van der Waals surface area contributed by atoms with Crippen molar-refractivity contribution >= 4 is 5.69 Å². The molecule has 8 heteroatoms. The van der Waals surface area contributed by atoms with E-state index in [-0.39, 0.29) is 24.2 Å². The van der Waals surface area contributed by atoms with Crippen LogP contribution in [0.1, 0.15) is 23.9 Å². The first-order valence-electron chi connectivity index (χ1n) is 8.84. The third kappa shape index (κ3) is 3.12. The molecule has 0 aromatic carbocycles. The van der Waals surface area contributed by atoms with Gasteiger partial charge in [0.15, 0.2) is 0 Å². The maximum atomic E-state index is 12.6. The number of aliphatic hydroxyl groups excluding tert-OH is 1. The number of hydrogen-bond acceptors (Lipinski definition) is 7. The summed E-state index contributed by atoms with van der Waals surface area (Å²) in [6.45, 7) is 6.43. The Balaban J connectivity index is 1.62. The number of aryl methyl sites for hydroxylation is 2. The Kier molecular flexibility index (Phi) is 4.27. The predicted octanol–water partition coefficient (Wildman–Crippen LogP) is 1.53. The van der Waals surface area contributed by atoms with Crippen molar-refractivity contribution in [3.63, 3.8) is 0 Å². The van der Waals surface area contributed by atoms with Crippen molar-refractivity contribution in [2.24, 2.45) is 0 Å². The Morgan fingerprint density at radius 3 is 2.74 bits per heavy atom. The Labute approximate surface area is 156 Å². The Bertz CT molecular complexity index is 1020. The van der Waals surface area contributed by atoms with E-state index in [0.29, 0.717) is 18.0 Å². The van der Waals surface area contributed by atoms with Crippen LogP contribution in [0.15, 0.2) is 39.9 Å². The van der Waals surface area contributed by atoms with Gasteiger partial charge in [0.1, 0.15) is 11.5 Å². The molecule has 0 bridgehead atoms. The lowest BCUT2D eigenvalue weighted by atomic mass is 10.0. The molecule has 2 atom stereocenters. The van der Waals surface area contributed by atoms with E-state index in [9.17, 15) is 9.90 Å². The standard InChI is InChI=1S/C19H21N5O3/c1-11-4-5-14(7-20-11)19-16(13(3)27-22-19)9-24-18(26)6-15(8-21-24)23-10-17(25)12(23)2/h4-8,12,17,25H,9-10H2,1-3H3/t12-,17-/m0/s1. The van der Waals surface area contributed by atoms with Gasteiger partial charge in [-0.25, -0.2) is 4.68 Å². The second-order valence-electron chi connectivity index (χ2n) is 6.92. The first kappa shape index (κ1) is 17.4. The van der Waals surface area contributed by atoms with Gasteiger partial charge in [-0.05, 0) is 32.9 Å². The summed E-state index contributed by atoms with van der Waals surface area (Å²) in [5, 5.41) is 18.1. The van der Waals surface area contributed by atoms with Crippen molar-refractivity contribution in [3.05, 3.63) is 58.0 Å². The van der Waals surface area contributed by atoms with Crippen molar-refractivity contribution in [1.82, 2.24) is 19.9 Å². The van der Waals surface area contributed by atoms with Gasteiger partial charge in [-0.3, -0.25) is 9.78 Å². The molecule has 3 aromatic rings. The third-order valence-corrected chi connectivity index (χ3v) is 5.10. The predicted molar refractivity (Wildman–Crippen MR) is 99.6 cm³/mol. The molecule has 0 aliphatic carbocycles. The fraction of sp³-hybridized carbons (Fsp3) is 0.368. The van der Waals surface area contributed by atoms with Gasteiger partial charge in [-0.1, -0.05) is 5.16 Å². The third-order valence-electron chi connectivity index (χ3n) is 5.10. The molecule has 0 spiro atoms. The molecule has 8 nitrogen and oxygen atoms in total. The van der Waals surface area contributed by atoms with E-state index >= 15 is 0 Å². The van der Waals surface area contributed by atoms with Crippen LogP contribution in [-0.2, 0) is 6.54 Å². The number of nitrogens with zero attached hydrogens (tertiary/aromatic N) is 5. The first-order valence-corrected chi connectivity index (χ1v) is 8.84. The molecular formula is C19H21N5O3. The summed E-state index contributed by atoms with van der Waals surface area (Å²) in [7, 11) is 0. The summed E-state index contributed by atoms with van der Waals surface area (Å²) in [6, 6.07) is 5.37. The fourth-order valence-electron chi connectivity index (χ4n) is 3.19. The van der Waals surface area contributed by atoms with Crippen molar-refractivity contribution in [3.8, 4) is 11.3 Å². The van der Waals surface area contributed by atoms with E-state index in [4.69, 9.17) is 4.52 Å². The van der Waals surface area contributed by atoms with Crippen LogP contribution >= 0.6 is 0 Å². The van der Waals surface area contributed by atoms with E-state index in [0.717, 1.165) is 22.5 Å². The van der Waals surface area contributed by atoms with Crippen molar-refractivity contribution < 1.29 is 9.63 Å². The second kappa shape index (κ2) is 6.62. The zero-order valence-electron chi connectivity index (χ0n) is 15.5. The molecule has 140 valence electrons. The fourth-order valence-corrected chi connectivity index (χ4v) is 3.19. The van der Waals surface area contributed by atoms with Crippen molar-refractivity contribution in [2.45, 2.75) is 39.5 Å². The summed E-state index contributed by atoms with van der Waals surface area (Å²) in [4.78, 5) is 18.8. The van der Waals surface area contributed by atoms with Crippen molar-refractivity contribution in [1.29, 1.82) is 0 Å². The molecule has 0 saturated carbocycles. The van der Waals surface area contributed by atoms with Crippen molar-refractivity contribution in [2.75, 3.05) is 11.4 Å². The van der Waals surface area contributed by atoms with E-state index in [1.165, 1.54) is 4.68 Å². The van der Waals surface area contributed by atoms with Gasteiger partial charge < -0.3 is 14.5 Å². The summed E-state index contributed by atoms with van der Waals surface area (Å²) in [6.07, 6.45) is 3.03. The van der Waals surface area contributed by atoms with E-state index in [1.807, 2.05) is 37.8 Å². The summed E-state index contributed by atoms with van der Waals surface area (Å²) >= 11 is 0.